The fourth-order valence-electron chi connectivity index (χ4n) is 2.60. The van der Waals surface area contributed by atoms with E-state index in [0.29, 0.717) is 10.6 Å². The third-order valence-corrected chi connectivity index (χ3v) is 5.90. The Balaban J connectivity index is 2.39. The second kappa shape index (κ2) is 9.82. The Morgan fingerprint density at radius 2 is 1.90 bits per heavy atom. The third kappa shape index (κ3) is 5.75. The molecule has 7 nitrogen and oxygen atoms in total. The van der Waals surface area contributed by atoms with Crippen LogP contribution in [-0.4, -0.2) is 33.9 Å². The van der Waals surface area contributed by atoms with Crippen molar-refractivity contribution < 1.29 is 27.1 Å². The molecule has 0 fully saturated rings. The number of amides is 1. The molecule has 2 aromatic carbocycles. The molecule has 1 atom stereocenters. The number of nitrogens with one attached hydrogen (secondary N) is 2. The van der Waals surface area contributed by atoms with Gasteiger partial charge in [-0.05, 0) is 29.8 Å². The Morgan fingerprint density at radius 1 is 1.21 bits per heavy atom. The average Bonchev–Trinajstić information content (AvgIpc) is 2.67. The first-order valence-corrected chi connectivity index (χ1v) is 10.5. The number of benzene rings is 2. The topological polar surface area (TPSA) is 102 Å². The highest BCUT2D eigenvalue weighted by Crippen LogP contribution is 2.26. The fraction of sp³-hybridized carbons (Fsp3) is 0.263. The van der Waals surface area contributed by atoms with Gasteiger partial charge in [-0.15, -0.1) is 0 Å². The second-order valence-corrected chi connectivity index (χ2v) is 8.14. The molecule has 0 aliphatic carbocycles. The van der Waals surface area contributed by atoms with Crippen LogP contribution in [0.2, 0.25) is 5.02 Å². The van der Waals surface area contributed by atoms with Gasteiger partial charge in [0, 0.05) is 11.6 Å². The molecular weight excluding hydrogens is 423 g/mol. The highest BCUT2D eigenvalue weighted by atomic mass is 35.5. The maximum atomic E-state index is 14.3. The Kier molecular flexibility index (Phi) is 7.72. The monoisotopic (exact) mass is 442 g/mol. The van der Waals surface area contributed by atoms with Gasteiger partial charge < -0.3 is 10.1 Å². The lowest BCUT2D eigenvalue weighted by atomic mass is 10.0. The van der Waals surface area contributed by atoms with Gasteiger partial charge in [0.05, 0.1) is 30.0 Å². The minimum absolute atomic E-state index is 0.134. The molecule has 1 amide bonds. The van der Waals surface area contributed by atoms with Crippen molar-refractivity contribution in [1.82, 2.24) is 10.0 Å². The SMILES string of the molecule is CCNS(=O)(=O)c1ccc(F)c(C(=O)NC(CC(=O)OC)c2ccccc2Cl)c1. The molecule has 2 N–H and O–H groups in total. The van der Waals surface area contributed by atoms with Gasteiger partial charge in [-0.3, -0.25) is 9.59 Å². The maximum absolute atomic E-state index is 14.3. The predicted octanol–water partition coefficient (Wildman–Crippen LogP) is 2.81. The van der Waals surface area contributed by atoms with Crippen molar-refractivity contribution in [3.8, 4) is 0 Å². The van der Waals surface area contributed by atoms with Gasteiger partial charge in [-0.25, -0.2) is 17.5 Å². The zero-order valence-electron chi connectivity index (χ0n) is 15.7. The third-order valence-electron chi connectivity index (χ3n) is 4.01. The smallest absolute Gasteiger partial charge is 0.307 e. The Morgan fingerprint density at radius 3 is 2.52 bits per heavy atom. The molecule has 2 rings (SSSR count). The summed E-state index contributed by atoms with van der Waals surface area (Å²) in [7, 11) is -2.69. The van der Waals surface area contributed by atoms with Crippen molar-refractivity contribution in [3.63, 3.8) is 0 Å². The average molecular weight is 443 g/mol. The molecule has 156 valence electrons. The standard InChI is InChI=1S/C19H20ClFN2O5S/c1-3-22-29(26,27)12-8-9-16(21)14(10-12)19(25)23-17(11-18(24)28-2)13-6-4-5-7-15(13)20/h4-10,17,22H,3,11H2,1-2H3,(H,23,25). The first kappa shape index (κ1) is 22.8. The largest absolute Gasteiger partial charge is 0.469 e. The molecule has 0 heterocycles. The minimum Gasteiger partial charge on any atom is -0.469 e. The molecule has 0 aliphatic rings. The Labute approximate surface area is 173 Å². The Hall–Kier alpha value is -2.49. The van der Waals surface area contributed by atoms with Gasteiger partial charge >= 0.3 is 5.97 Å². The molecule has 0 bridgehead atoms. The summed E-state index contributed by atoms with van der Waals surface area (Å²) in [6.45, 7) is 1.73. The van der Waals surface area contributed by atoms with Crippen LogP contribution < -0.4 is 10.0 Å². The zero-order chi connectivity index (χ0) is 21.6. The number of ether oxygens (including phenoxy) is 1. The number of hydrogen-bond donors (Lipinski definition) is 2. The highest BCUT2D eigenvalue weighted by molar-refractivity contribution is 7.89. The summed E-state index contributed by atoms with van der Waals surface area (Å²) in [4.78, 5) is 24.2. The first-order chi connectivity index (χ1) is 13.7. The highest BCUT2D eigenvalue weighted by Gasteiger charge is 2.24. The molecule has 0 spiro atoms. The molecular formula is C19H20ClFN2O5S. The van der Waals surface area contributed by atoms with Gasteiger partial charge in [0.25, 0.3) is 5.91 Å². The van der Waals surface area contributed by atoms with Crippen LogP contribution in [0.3, 0.4) is 0 Å². The number of sulfonamides is 1. The van der Waals surface area contributed by atoms with E-state index in [2.05, 4.69) is 14.8 Å². The van der Waals surface area contributed by atoms with Crippen LogP contribution in [0, 0.1) is 5.82 Å². The summed E-state index contributed by atoms with van der Waals surface area (Å²) in [5.74, 6) is -2.42. The number of carbonyl (C=O) groups excluding carboxylic acids is 2. The summed E-state index contributed by atoms with van der Waals surface area (Å²) in [5, 5.41) is 2.82. The van der Waals surface area contributed by atoms with Crippen molar-refractivity contribution in [3.05, 3.63) is 64.4 Å². The van der Waals surface area contributed by atoms with Crippen molar-refractivity contribution in [1.29, 1.82) is 0 Å². The van der Waals surface area contributed by atoms with E-state index < -0.39 is 39.3 Å². The van der Waals surface area contributed by atoms with Crippen LogP contribution in [0.1, 0.15) is 35.3 Å². The normalized spacial score (nSPS) is 12.3. The molecule has 0 radical (unpaired) electrons. The van der Waals surface area contributed by atoms with Crippen molar-refractivity contribution >= 4 is 33.5 Å². The van der Waals surface area contributed by atoms with E-state index in [1.807, 2.05) is 0 Å². The van der Waals surface area contributed by atoms with E-state index in [0.717, 1.165) is 18.2 Å². The number of halogens is 2. The van der Waals surface area contributed by atoms with Crippen molar-refractivity contribution in [2.45, 2.75) is 24.3 Å². The maximum Gasteiger partial charge on any atom is 0.307 e. The number of rotatable bonds is 8. The van der Waals surface area contributed by atoms with Crippen LogP contribution in [0.4, 0.5) is 4.39 Å². The summed E-state index contributed by atoms with van der Waals surface area (Å²) in [6, 6.07) is 8.52. The second-order valence-electron chi connectivity index (χ2n) is 5.97. The van der Waals surface area contributed by atoms with Crippen LogP contribution in [0.25, 0.3) is 0 Å². The van der Waals surface area contributed by atoms with Gasteiger partial charge in [0.1, 0.15) is 5.82 Å². The van der Waals surface area contributed by atoms with Gasteiger partial charge in [0.2, 0.25) is 10.0 Å². The number of hydrogen-bond acceptors (Lipinski definition) is 5. The number of carbonyl (C=O) groups is 2. The summed E-state index contributed by atoms with van der Waals surface area (Å²) in [5.41, 5.74) is -0.0457. The lowest BCUT2D eigenvalue weighted by Gasteiger charge is -2.20. The molecule has 0 saturated carbocycles. The molecule has 2 aromatic rings. The van der Waals surface area contributed by atoms with Gasteiger partial charge in [-0.1, -0.05) is 36.7 Å². The van der Waals surface area contributed by atoms with Crippen LogP contribution in [-0.2, 0) is 19.6 Å². The van der Waals surface area contributed by atoms with Crippen LogP contribution in [0.5, 0.6) is 0 Å². The van der Waals surface area contributed by atoms with Crippen LogP contribution in [0.15, 0.2) is 47.4 Å². The Bertz CT molecular complexity index is 1010. The lowest BCUT2D eigenvalue weighted by molar-refractivity contribution is -0.141. The van der Waals surface area contributed by atoms with E-state index in [9.17, 15) is 22.4 Å². The van der Waals surface area contributed by atoms with Crippen LogP contribution >= 0.6 is 11.6 Å². The molecule has 1 unspecified atom stereocenters. The minimum atomic E-state index is -3.89. The zero-order valence-corrected chi connectivity index (χ0v) is 17.3. The van der Waals surface area contributed by atoms with E-state index in [-0.39, 0.29) is 17.9 Å². The summed E-state index contributed by atoms with van der Waals surface area (Å²) in [6.07, 6.45) is -0.247. The number of esters is 1. The van der Waals surface area contributed by atoms with E-state index in [4.69, 9.17) is 11.6 Å². The lowest BCUT2D eigenvalue weighted by Crippen LogP contribution is -2.31. The van der Waals surface area contributed by atoms with Crippen molar-refractivity contribution in [2.24, 2.45) is 0 Å². The quantitative estimate of drug-likeness (QED) is 0.612. The van der Waals surface area contributed by atoms with Gasteiger partial charge in [0.15, 0.2) is 0 Å². The summed E-state index contributed by atoms with van der Waals surface area (Å²) >= 11 is 6.16. The molecule has 10 heteroatoms. The van der Waals surface area contributed by atoms with Gasteiger partial charge in [-0.2, -0.15) is 0 Å². The van der Waals surface area contributed by atoms with E-state index in [1.165, 1.54) is 7.11 Å². The molecule has 29 heavy (non-hydrogen) atoms. The molecule has 0 aliphatic heterocycles. The van der Waals surface area contributed by atoms with Crippen molar-refractivity contribution in [2.75, 3.05) is 13.7 Å². The van der Waals surface area contributed by atoms with E-state index >= 15 is 0 Å². The predicted molar refractivity (Wildman–Crippen MR) is 106 cm³/mol. The molecule has 0 aromatic heterocycles. The van der Waals surface area contributed by atoms with E-state index in [1.54, 1.807) is 31.2 Å². The molecule has 0 saturated heterocycles. The fourth-order valence-corrected chi connectivity index (χ4v) is 3.94. The first-order valence-electron chi connectivity index (χ1n) is 8.61. The summed E-state index contributed by atoms with van der Waals surface area (Å²) < 4.78 is 45.5. The number of methoxy groups -OCH3 is 1.